The van der Waals surface area contributed by atoms with Crippen LogP contribution in [0.5, 0.6) is 0 Å². The highest BCUT2D eigenvalue weighted by molar-refractivity contribution is 6.62. The Bertz CT molecular complexity index is 1190. The van der Waals surface area contributed by atoms with E-state index < -0.39 is 23.9 Å². The number of rotatable bonds is 4. The quantitative estimate of drug-likeness (QED) is 0.598. The summed E-state index contributed by atoms with van der Waals surface area (Å²) in [6.45, 7) is 8.31. The van der Waals surface area contributed by atoms with Crippen molar-refractivity contribution in [2.75, 3.05) is 0 Å². The molecule has 0 spiro atoms. The van der Waals surface area contributed by atoms with E-state index in [4.69, 9.17) is 14.3 Å². The van der Waals surface area contributed by atoms with E-state index in [2.05, 4.69) is 99.8 Å². The Hall–Kier alpha value is -3.15. The molecule has 166 valence electrons. The van der Waals surface area contributed by atoms with Crippen LogP contribution >= 0.6 is 0 Å². The minimum absolute atomic E-state index is 0.391. The lowest BCUT2D eigenvalue weighted by molar-refractivity contribution is 0.00578. The fourth-order valence-corrected chi connectivity index (χ4v) is 4.31. The first-order valence-electron chi connectivity index (χ1n) is 11.4. The van der Waals surface area contributed by atoms with E-state index in [1.807, 2.05) is 30.5 Å². The van der Waals surface area contributed by atoms with Crippen LogP contribution in [-0.4, -0.2) is 24.2 Å². The monoisotopic (exact) mass is 436 g/mol. The first kappa shape index (κ1) is 21.7. The maximum absolute atomic E-state index is 6.33. The van der Waals surface area contributed by atoms with Gasteiger partial charge in [0.15, 0.2) is 0 Å². The van der Waals surface area contributed by atoms with Crippen molar-refractivity contribution in [3.8, 4) is 0 Å². The van der Waals surface area contributed by atoms with E-state index in [0.29, 0.717) is 0 Å². The van der Waals surface area contributed by atoms with Gasteiger partial charge in [-0.25, -0.2) is 4.99 Å². The normalized spacial score (nSPS) is 23.2. The molecule has 1 fully saturated rings. The van der Waals surface area contributed by atoms with Crippen molar-refractivity contribution in [2.45, 2.75) is 44.4 Å². The molecule has 4 nitrogen and oxygen atoms in total. The van der Waals surface area contributed by atoms with Crippen molar-refractivity contribution in [3.05, 3.63) is 114 Å². The number of aliphatic imine (C=N–C) groups is 1. The largest absolute Gasteiger partial charge is 0.494 e. The molecule has 0 aliphatic carbocycles. The van der Waals surface area contributed by atoms with Gasteiger partial charge in [-0.15, -0.1) is 0 Å². The van der Waals surface area contributed by atoms with Crippen molar-refractivity contribution in [3.63, 3.8) is 0 Å². The summed E-state index contributed by atoms with van der Waals surface area (Å²) in [5, 5.41) is 3.34. The Morgan fingerprint density at radius 2 is 1.33 bits per heavy atom. The molecule has 2 aliphatic rings. The maximum atomic E-state index is 6.33. The Balaban J connectivity index is 1.63. The first-order chi connectivity index (χ1) is 15.8. The van der Waals surface area contributed by atoms with E-state index in [-0.39, 0.29) is 0 Å². The van der Waals surface area contributed by atoms with Gasteiger partial charge < -0.3 is 14.6 Å². The molecule has 1 atom stereocenters. The molecule has 1 N–H and O–H groups in total. The standard InChI is InChI=1S/C28H29BN2O2/c1-26(2)27(3,4)33-29(32-26)24-17-11-16-23(20-24)28(22-14-9-6-10-15-22)18-19-30-25(31-28)21-12-7-5-8-13-21/h5-20H,1-4H3,(H,30,31). The lowest BCUT2D eigenvalue weighted by Gasteiger charge is -2.32. The van der Waals surface area contributed by atoms with Gasteiger partial charge in [-0.05, 0) is 50.4 Å². The van der Waals surface area contributed by atoms with E-state index >= 15 is 0 Å². The third kappa shape index (κ3) is 3.82. The van der Waals surface area contributed by atoms with Crippen LogP contribution in [0.2, 0.25) is 0 Å². The van der Waals surface area contributed by atoms with Crippen molar-refractivity contribution in [2.24, 2.45) is 4.99 Å². The SMILES string of the molecule is CC1(C)OB(c2cccc(C3(c4ccccc4)C=CNC(c4ccccc4)=N3)c2)OC1(C)C. The highest BCUT2D eigenvalue weighted by Crippen LogP contribution is 2.39. The number of hydrogen-bond donors (Lipinski definition) is 1. The van der Waals surface area contributed by atoms with E-state index in [9.17, 15) is 0 Å². The number of benzene rings is 3. The predicted octanol–water partition coefficient (Wildman–Crippen LogP) is 4.79. The van der Waals surface area contributed by atoms with Crippen molar-refractivity contribution in [1.82, 2.24) is 5.32 Å². The minimum Gasteiger partial charge on any atom is -0.399 e. The van der Waals surface area contributed by atoms with E-state index in [0.717, 1.165) is 28.0 Å². The summed E-state index contributed by atoms with van der Waals surface area (Å²) >= 11 is 0. The summed E-state index contributed by atoms with van der Waals surface area (Å²) in [6, 6.07) is 29.0. The second-order valence-corrected chi connectivity index (χ2v) is 9.65. The van der Waals surface area contributed by atoms with Gasteiger partial charge in [0.1, 0.15) is 11.4 Å². The van der Waals surface area contributed by atoms with Crippen LogP contribution in [0.25, 0.3) is 0 Å². The van der Waals surface area contributed by atoms with Gasteiger partial charge in [0.2, 0.25) is 0 Å². The molecule has 3 aromatic rings. The fourth-order valence-electron chi connectivity index (χ4n) is 4.31. The molecule has 2 aliphatic heterocycles. The zero-order valence-corrected chi connectivity index (χ0v) is 19.6. The predicted molar refractivity (Wildman–Crippen MR) is 135 cm³/mol. The van der Waals surface area contributed by atoms with Crippen LogP contribution in [-0.2, 0) is 14.8 Å². The lowest BCUT2D eigenvalue weighted by Crippen LogP contribution is -2.41. The summed E-state index contributed by atoms with van der Waals surface area (Å²) in [6.07, 6.45) is 4.11. The lowest BCUT2D eigenvalue weighted by atomic mass is 9.74. The van der Waals surface area contributed by atoms with Crippen LogP contribution in [0.3, 0.4) is 0 Å². The number of nitrogens with zero attached hydrogens (tertiary/aromatic N) is 1. The molecule has 0 amide bonds. The summed E-state index contributed by atoms with van der Waals surface area (Å²) in [7, 11) is -0.425. The van der Waals surface area contributed by atoms with Gasteiger partial charge >= 0.3 is 7.12 Å². The van der Waals surface area contributed by atoms with Crippen LogP contribution in [0.15, 0.2) is 102 Å². The fraction of sp³-hybridized carbons (Fsp3) is 0.250. The van der Waals surface area contributed by atoms with E-state index in [1.165, 1.54) is 0 Å². The number of nitrogens with one attached hydrogen (secondary N) is 1. The van der Waals surface area contributed by atoms with Gasteiger partial charge in [0.25, 0.3) is 0 Å². The molecule has 1 saturated heterocycles. The topological polar surface area (TPSA) is 42.8 Å². The third-order valence-corrected chi connectivity index (χ3v) is 6.95. The molecule has 1 unspecified atom stereocenters. The van der Waals surface area contributed by atoms with Crippen LogP contribution in [0, 0.1) is 0 Å². The van der Waals surface area contributed by atoms with E-state index in [1.54, 1.807) is 0 Å². The van der Waals surface area contributed by atoms with Gasteiger partial charge in [-0.2, -0.15) is 0 Å². The highest BCUT2D eigenvalue weighted by atomic mass is 16.7. The molecule has 33 heavy (non-hydrogen) atoms. The minimum atomic E-state index is -0.669. The molecule has 5 heteroatoms. The van der Waals surface area contributed by atoms with Gasteiger partial charge in [-0.3, -0.25) is 0 Å². The summed E-state index contributed by atoms with van der Waals surface area (Å²) in [4.78, 5) is 5.29. The highest BCUT2D eigenvalue weighted by Gasteiger charge is 2.52. The van der Waals surface area contributed by atoms with Crippen LogP contribution in [0.4, 0.5) is 0 Å². The average molecular weight is 436 g/mol. The summed E-state index contributed by atoms with van der Waals surface area (Å²) < 4.78 is 12.7. The smallest absolute Gasteiger partial charge is 0.399 e. The summed E-state index contributed by atoms with van der Waals surface area (Å²) in [5.74, 6) is 0.836. The average Bonchev–Trinajstić information content (AvgIpc) is 3.07. The molecule has 0 aromatic heterocycles. The zero-order valence-electron chi connectivity index (χ0n) is 19.6. The molecule has 2 heterocycles. The zero-order chi connectivity index (χ0) is 23.1. The molecule has 0 bridgehead atoms. The molecule has 5 rings (SSSR count). The Labute approximate surface area is 196 Å². The molecular weight excluding hydrogens is 407 g/mol. The second kappa shape index (κ2) is 8.01. The van der Waals surface area contributed by atoms with Crippen LogP contribution in [0.1, 0.15) is 44.4 Å². The van der Waals surface area contributed by atoms with Gasteiger partial charge in [0, 0.05) is 11.8 Å². The van der Waals surface area contributed by atoms with Crippen molar-refractivity contribution in [1.29, 1.82) is 0 Å². The van der Waals surface area contributed by atoms with Gasteiger partial charge in [0.05, 0.1) is 11.2 Å². The second-order valence-electron chi connectivity index (χ2n) is 9.65. The Kier molecular flexibility index (Phi) is 5.27. The number of amidine groups is 1. The summed E-state index contributed by atoms with van der Waals surface area (Å²) in [5.41, 5.74) is 2.75. The molecule has 3 aromatic carbocycles. The maximum Gasteiger partial charge on any atom is 0.494 e. The van der Waals surface area contributed by atoms with Crippen LogP contribution < -0.4 is 10.8 Å². The third-order valence-electron chi connectivity index (χ3n) is 6.95. The molecule has 0 radical (unpaired) electrons. The Morgan fingerprint density at radius 3 is 2.00 bits per heavy atom. The van der Waals surface area contributed by atoms with Gasteiger partial charge in [-0.1, -0.05) is 84.9 Å². The number of hydrogen-bond acceptors (Lipinski definition) is 4. The molecular formula is C28H29BN2O2. The first-order valence-corrected chi connectivity index (χ1v) is 11.4. The Morgan fingerprint density at radius 1 is 0.727 bits per heavy atom. The van der Waals surface area contributed by atoms with Crippen molar-refractivity contribution >= 4 is 18.4 Å². The van der Waals surface area contributed by atoms with Crippen molar-refractivity contribution < 1.29 is 9.31 Å². The molecule has 0 saturated carbocycles.